The van der Waals surface area contributed by atoms with Crippen LogP contribution in [0.2, 0.25) is 0 Å². The summed E-state index contributed by atoms with van der Waals surface area (Å²) >= 11 is 0. The molecular weight excluding hydrogens is 817 g/mol. The van der Waals surface area contributed by atoms with E-state index in [1.807, 2.05) is 0 Å². The summed E-state index contributed by atoms with van der Waals surface area (Å²) in [7, 11) is 0. The minimum absolute atomic E-state index is 0.0840. The van der Waals surface area contributed by atoms with E-state index >= 15 is 0 Å². The van der Waals surface area contributed by atoms with Crippen molar-refractivity contribution >= 4 is 17.9 Å². The largest absolute Gasteiger partial charge is 0.462 e. The van der Waals surface area contributed by atoms with Gasteiger partial charge in [-0.2, -0.15) is 0 Å². The zero-order valence-corrected chi connectivity index (χ0v) is 43.7. The summed E-state index contributed by atoms with van der Waals surface area (Å²) in [6, 6.07) is 0. The van der Waals surface area contributed by atoms with E-state index in [9.17, 15) is 14.4 Å². The van der Waals surface area contributed by atoms with Crippen molar-refractivity contribution in [2.75, 3.05) is 13.2 Å². The molecule has 0 rings (SSSR count). The molecule has 0 amide bonds. The molecule has 0 saturated heterocycles. The van der Waals surface area contributed by atoms with Gasteiger partial charge in [0.25, 0.3) is 0 Å². The van der Waals surface area contributed by atoms with E-state index in [1.165, 1.54) is 154 Å². The molecule has 0 bridgehead atoms. The SMILES string of the molecule is CC/C=C\C/C=C\C/C=C\CCCCCCCCCCCC(=O)OCC(COC(=O)CCCCCCCCCCCCCCC)OC(=O)CCCCC/C=C\C=C/CCCCCCCCC. The molecule has 0 spiro atoms. The van der Waals surface area contributed by atoms with Crippen LogP contribution in [-0.4, -0.2) is 37.2 Å². The van der Waals surface area contributed by atoms with Crippen LogP contribution in [-0.2, 0) is 28.6 Å². The second kappa shape index (κ2) is 54.7. The first-order valence-electron chi connectivity index (χ1n) is 28.3. The molecule has 0 fully saturated rings. The predicted octanol–water partition coefficient (Wildman–Crippen LogP) is 18.8. The number of carbonyl (C=O) groups is 3. The summed E-state index contributed by atoms with van der Waals surface area (Å²) in [4.78, 5) is 38.1. The Balaban J connectivity index is 4.39. The van der Waals surface area contributed by atoms with Gasteiger partial charge in [0.1, 0.15) is 13.2 Å². The van der Waals surface area contributed by atoms with E-state index in [-0.39, 0.29) is 31.1 Å². The van der Waals surface area contributed by atoms with Crippen molar-refractivity contribution in [2.45, 2.75) is 290 Å². The number of hydrogen-bond acceptors (Lipinski definition) is 6. The molecule has 0 aliphatic rings. The summed E-state index contributed by atoms with van der Waals surface area (Å²) in [5, 5.41) is 0. The van der Waals surface area contributed by atoms with Crippen LogP contribution in [0.1, 0.15) is 284 Å². The van der Waals surface area contributed by atoms with Gasteiger partial charge in [0.15, 0.2) is 6.10 Å². The van der Waals surface area contributed by atoms with E-state index in [1.54, 1.807) is 0 Å². The molecule has 6 nitrogen and oxygen atoms in total. The first kappa shape index (κ1) is 63.1. The minimum Gasteiger partial charge on any atom is -0.462 e. The van der Waals surface area contributed by atoms with E-state index < -0.39 is 6.10 Å². The number of allylic oxidation sites excluding steroid dienone is 10. The van der Waals surface area contributed by atoms with Crippen LogP contribution in [0.25, 0.3) is 0 Å². The highest BCUT2D eigenvalue weighted by molar-refractivity contribution is 5.71. The maximum atomic E-state index is 12.8. The van der Waals surface area contributed by atoms with Gasteiger partial charge in [0, 0.05) is 19.3 Å². The highest BCUT2D eigenvalue weighted by Crippen LogP contribution is 2.16. The lowest BCUT2D eigenvalue weighted by atomic mass is 10.0. The van der Waals surface area contributed by atoms with Crippen LogP contribution in [0.3, 0.4) is 0 Å². The average Bonchev–Trinajstić information content (AvgIpc) is 3.31. The third kappa shape index (κ3) is 52.1. The van der Waals surface area contributed by atoms with Crippen molar-refractivity contribution in [3.8, 4) is 0 Å². The van der Waals surface area contributed by atoms with Crippen molar-refractivity contribution < 1.29 is 28.6 Å². The summed E-state index contributed by atoms with van der Waals surface area (Å²) < 4.78 is 16.8. The normalized spacial score (nSPS) is 12.5. The quantitative estimate of drug-likeness (QED) is 0.0199. The van der Waals surface area contributed by atoms with Gasteiger partial charge in [0.05, 0.1) is 0 Å². The van der Waals surface area contributed by atoms with Crippen LogP contribution < -0.4 is 0 Å². The summed E-state index contributed by atoms with van der Waals surface area (Å²) in [5.74, 6) is -0.906. The molecule has 66 heavy (non-hydrogen) atoms. The molecule has 6 heteroatoms. The van der Waals surface area contributed by atoms with Gasteiger partial charge in [-0.25, -0.2) is 0 Å². The second-order valence-electron chi connectivity index (χ2n) is 18.9. The molecule has 1 unspecified atom stereocenters. The maximum Gasteiger partial charge on any atom is 0.306 e. The van der Waals surface area contributed by atoms with E-state index in [0.717, 1.165) is 89.9 Å². The minimum atomic E-state index is -0.788. The average molecular weight is 924 g/mol. The number of unbranched alkanes of at least 4 members (excludes halogenated alkanes) is 31. The Morgan fingerprint density at radius 1 is 0.333 bits per heavy atom. The number of rotatable bonds is 51. The molecule has 0 aromatic heterocycles. The Morgan fingerprint density at radius 3 is 1.03 bits per heavy atom. The Bertz CT molecular complexity index is 1200. The molecule has 0 aromatic rings. The second-order valence-corrected chi connectivity index (χ2v) is 18.9. The van der Waals surface area contributed by atoms with Crippen LogP contribution in [0.4, 0.5) is 0 Å². The van der Waals surface area contributed by atoms with Gasteiger partial charge in [-0.15, -0.1) is 0 Å². The fourth-order valence-corrected chi connectivity index (χ4v) is 8.04. The summed E-state index contributed by atoms with van der Waals surface area (Å²) in [6.45, 7) is 6.52. The first-order chi connectivity index (χ1) is 32.5. The van der Waals surface area contributed by atoms with Gasteiger partial charge in [-0.05, 0) is 77.0 Å². The Hall–Kier alpha value is -2.89. The summed E-state index contributed by atoms with van der Waals surface area (Å²) in [5.41, 5.74) is 0. The number of esters is 3. The van der Waals surface area contributed by atoms with E-state index in [4.69, 9.17) is 14.2 Å². The Labute approximate surface area is 409 Å². The van der Waals surface area contributed by atoms with Crippen LogP contribution >= 0.6 is 0 Å². The number of ether oxygens (including phenoxy) is 3. The molecule has 0 aliphatic carbocycles. The number of hydrogen-bond donors (Lipinski definition) is 0. The van der Waals surface area contributed by atoms with Crippen molar-refractivity contribution in [3.05, 3.63) is 60.8 Å². The summed E-state index contributed by atoms with van der Waals surface area (Å²) in [6.07, 6.45) is 67.8. The Kier molecular flexibility index (Phi) is 52.3. The van der Waals surface area contributed by atoms with Crippen molar-refractivity contribution in [1.29, 1.82) is 0 Å². The van der Waals surface area contributed by atoms with Crippen LogP contribution in [0.15, 0.2) is 60.8 Å². The molecular formula is C60H106O6. The van der Waals surface area contributed by atoms with E-state index in [2.05, 4.69) is 81.5 Å². The van der Waals surface area contributed by atoms with Crippen LogP contribution in [0.5, 0.6) is 0 Å². The third-order valence-electron chi connectivity index (χ3n) is 12.3. The highest BCUT2D eigenvalue weighted by Gasteiger charge is 2.19. The van der Waals surface area contributed by atoms with Crippen LogP contribution in [0, 0.1) is 0 Å². The zero-order valence-electron chi connectivity index (χ0n) is 43.7. The molecule has 0 aromatic carbocycles. The van der Waals surface area contributed by atoms with Gasteiger partial charge in [-0.1, -0.05) is 248 Å². The van der Waals surface area contributed by atoms with Gasteiger partial charge in [0.2, 0.25) is 0 Å². The van der Waals surface area contributed by atoms with Crippen molar-refractivity contribution in [1.82, 2.24) is 0 Å². The molecule has 0 radical (unpaired) electrons. The molecule has 0 N–H and O–H groups in total. The lowest BCUT2D eigenvalue weighted by Gasteiger charge is -2.18. The topological polar surface area (TPSA) is 78.9 Å². The smallest absolute Gasteiger partial charge is 0.306 e. The van der Waals surface area contributed by atoms with Gasteiger partial charge in [-0.3, -0.25) is 14.4 Å². The lowest BCUT2D eigenvalue weighted by Crippen LogP contribution is -2.30. The maximum absolute atomic E-state index is 12.8. The molecule has 1 atom stereocenters. The lowest BCUT2D eigenvalue weighted by molar-refractivity contribution is -0.167. The molecule has 0 saturated carbocycles. The monoisotopic (exact) mass is 923 g/mol. The highest BCUT2D eigenvalue weighted by atomic mass is 16.6. The number of carbonyl (C=O) groups excluding carboxylic acids is 3. The van der Waals surface area contributed by atoms with E-state index in [0.29, 0.717) is 19.3 Å². The Morgan fingerprint density at radius 2 is 0.636 bits per heavy atom. The van der Waals surface area contributed by atoms with Crippen molar-refractivity contribution in [3.63, 3.8) is 0 Å². The molecule has 382 valence electrons. The molecule has 0 heterocycles. The standard InChI is InChI=1S/C60H106O6/c1-4-7-10-13-16-19-22-25-27-29-30-31-33-35-38-41-44-47-50-53-59(62)65-56-57(55-64-58(61)52-49-46-43-40-37-34-24-21-18-15-12-9-6-3)66-60(63)54-51-48-45-42-39-36-32-28-26-23-20-17-14-11-8-5-2/h7,10,16,19,25,27-28,32,36,39,57H,4-6,8-9,11-15,17-18,20-24,26,29-31,33-35,37-38,40-56H2,1-3H3/b10-7-,19-16-,27-25-,32-28-,39-36-. The molecule has 0 aliphatic heterocycles. The first-order valence-corrected chi connectivity index (χ1v) is 28.3. The van der Waals surface area contributed by atoms with Crippen molar-refractivity contribution in [2.24, 2.45) is 0 Å². The van der Waals surface area contributed by atoms with Gasteiger partial charge >= 0.3 is 17.9 Å². The van der Waals surface area contributed by atoms with Gasteiger partial charge < -0.3 is 14.2 Å². The fourth-order valence-electron chi connectivity index (χ4n) is 8.04. The predicted molar refractivity (Wildman–Crippen MR) is 284 cm³/mol. The fraction of sp³-hybridized carbons (Fsp3) is 0.783. The zero-order chi connectivity index (χ0) is 47.9. The third-order valence-corrected chi connectivity index (χ3v) is 12.3.